The Hall–Kier alpha value is -2.24. The summed E-state index contributed by atoms with van der Waals surface area (Å²) in [6.07, 6.45) is 0. The summed E-state index contributed by atoms with van der Waals surface area (Å²) in [6, 6.07) is 15.6. The Morgan fingerprint density at radius 3 is 2.46 bits per heavy atom. The number of hydrogen-bond acceptors (Lipinski definition) is 3. The Labute approximate surface area is 159 Å². The van der Waals surface area contributed by atoms with E-state index >= 15 is 0 Å². The SMILES string of the molecule is COc1ccccc1CN1CCN(C(=O)NCc2ccc(Cl)cc2)CC1. The largest absolute Gasteiger partial charge is 0.496 e. The molecular weight excluding hydrogens is 350 g/mol. The van der Waals surface area contributed by atoms with E-state index in [9.17, 15) is 4.79 Å². The molecule has 0 unspecified atom stereocenters. The lowest BCUT2D eigenvalue weighted by molar-refractivity contribution is 0.134. The molecule has 0 saturated carbocycles. The van der Waals surface area contributed by atoms with Crippen molar-refractivity contribution in [3.63, 3.8) is 0 Å². The molecule has 6 heteroatoms. The maximum absolute atomic E-state index is 12.4. The summed E-state index contributed by atoms with van der Waals surface area (Å²) in [7, 11) is 1.70. The van der Waals surface area contributed by atoms with Crippen molar-refractivity contribution in [2.45, 2.75) is 13.1 Å². The number of para-hydroxylation sites is 1. The highest BCUT2D eigenvalue weighted by atomic mass is 35.5. The summed E-state index contributed by atoms with van der Waals surface area (Å²) in [6.45, 7) is 4.50. The van der Waals surface area contributed by atoms with Crippen LogP contribution in [0.2, 0.25) is 5.02 Å². The molecule has 1 fully saturated rings. The lowest BCUT2D eigenvalue weighted by atomic mass is 10.1. The van der Waals surface area contributed by atoms with Crippen molar-refractivity contribution >= 4 is 17.6 Å². The molecule has 2 aromatic rings. The normalized spacial score (nSPS) is 14.9. The minimum atomic E-state index is -0.0168. The molecule has 0 bridgehead atoms. The van der Waals surface area contributed by atoms with E-state index in [0.29, 0.717) is 11.6 Å². The number of carbonyl (C=O) groups excluding carboxylic acids is 1. The molecule has 26 heavy (non-hydrogen) atoms. The number of rotatable bonds is 5. The molecule has 3 rings (SSSR count). The van der Waals surface area contributed by atoms with Gasteiger partial charge >= 0.3 is 6.03 Å². The van der Waals surface area contributed by atoms with Crippen LogP contribution in [0.1, 0.15) is 11.1 Å². The standard InChI is InChI=1S/C20H24ClN3O2/c1-26-19-5-3-2-4-17(19)15-23-10-12-24(13-11-23)20(25)22-14-16-6-8-18(21)9-7-16/h2-9H,10-15H2,1H3,(H,22,25). The van der Waals surface area contributed by atoms with Gasteiger partial charge in [-0.3, -0.25) is 4.90 Å². The molecule has 0 spiro atoms. The zero-order valence-electron chi connectivity index (χ0n) is 15.0. The number of benzene rings is 2. The van der Waals surface area contributed by atoms with Crippen LogP contribution in [0.3, 0.4) is 0 Å². The van der Waals surface area contributed by atoms with E-state index in [0.717, 1.165) is 44.0 Å². The van der Waals surface area contributed by atoms with Crippen LogP contribution >= 0.6 is 11.6 Å². The predicted molar refractivity (Wildman–Crippen MR) is 104 cm³/mol. The average molecular weight is 374 g/mol. The fraction of sp³-hybridized carbons (Fsp3) is 0.350. The number of nitrogens with zero attached hydrogens (tertiary/aromatic N) is 2. The summed E-state index contributed by atoms with van der Waals surface area (Å²) in [5.41, 5.74) is 2.22. The summed E-state index contributed by atoms with van der Waals surface area (Å²) in [5.74, 6) is 0.913. The van der Waals surface area contributed by atoms with Crippen molar-refractivity contribution < 1.29 is 9.53 Å². The second-order valence-corrected chi connectivity index (χ2v) is 6.80. The van der Waals surface area contributed by atoms with Gasteiger partial charge in [0.2, 0.25) is 0 Å². The third kappa shape index (κ3) is 4.90. The molecule has 1 aliphatic heterocycles. The number of carbonyl (C=O) groups is 1. The Morgan fingerprint density at radius 2 is 1.77 bits per heavy atom. The van der Waals surface area contributed by atoms with Crippen LogP contribution in [-0.2, 0) is 13.1 Å². The first-order chi connectivity index (χ1) is 12.7. The number of nitrogens with one attached hydrogen (secondary N) is 1. The molecule has 0 radical (unpaired) electrons. The number of urea groups is 1. The number of hydrogen-bond donors (Lipinski definition) is 1. The third-order valence-electron chi connectivity index (χ3n) is 4.60. The van der Waals surface area contributed by atoms with Crippen LogP contribution in [0.15, 0.2) is 48.5 Å². The highest BCUT2D eigenvalue weighted by Gasteiger charge is 2.21. The Bertz CT molecular complexity index is 728. The summed E-state index contributed by atoms with van der Waals surface area (Å²) >= 11 is 5.88. The lowest BCUT2D eigenvalue weighted by Crippen LogP contribution is -2.51. The molecule has 2 aromatic carbocycles. The topological polar surface area (TPSA) is 44.8 Å². The maximum atomic E-state index is 12.4. The smallest absolute Gasteiger partial charge is 0.317 e. The minimum Gasteiger partial charge on any atom is -0.496 e. The van der Waals surface area contributed by atoms with Crippen molar-refractivity contribution in [1.82, 2.24) is 15.1 Å². The van der Waals surface area contributed by atoms with Crippen molar-refractivity contribution in [3.8, 4) is 5.75 Å². The van der Waals surface area contributed by atoms with E-state index in [1.165, 1.54) is 5.56 Å². The van der Waals surface area contributed by atoms with Gasteiger partial charge in [-0.25, -0.2) is 4.79 Å². The number of halogens is 1. The van der Waals surface area contributed by atoms with Crippen molar-refractivity contribution in [2.24, 2.45) is 0 Å². The molecule has 2 amide bonds. The van der Waals surface area contributed by atoms with Crippen molar-refractivity contribution in [1.29, 1.82) is 0 Å². The molecule has 0 aromatic heterocycles. The third-order valence-corrected chi connectivity index (χ3v) is 4.85. The first-order valence-corrected chi connectivity index (χ1v) is 9.15. The molecule has 1 N–H and O–H groups in total. The molecule has 5 nitrogen and oxygen atoms in total. The van der Waals surface area contributed by atoms with Crippen LogP contribution < -0.4 is 10.1 Å². The minimum absolute atomic E-state index is 0.0168. The van der Waals surface area contributed by atoms with E-state index in [1.54, 1.807) is 7.11 Å². The van der Waals surface area contributed by atoms with Gasteiger partial charge in [-0.15, -0.1) is 0 Å². The number of ether oxygens (including phenoxy) is 1. The van der Waals surface area contributed by atoms with Gasteiger partial charge in [0, 0.05) is 49.9 Å². The number of amides is 2. The molecule has 0 atom stereocenters. The molecule has 0 aliphatic carbocycles. The van der Waals surface area contributed by atoms with Crippen LogP contribution in [-0.4, -0.2) is 49.1 Å². The van der Waals surface area contributed by atoms with Crippen LogP contribution in [0.5, 0.6) is 5.75 Å². The van der Waals surface area contributed by atoms with Gasteiger partial charge < -0.3 is 15.0 Å². The fourth-order valence-electron chi connectivity index (χ4n) is 3.08. The van der Waals surface area contributed by atoms with Gasteiger partial charge in [0.05, 0.1) is 7.11 Å². The van der Waals surface area contributed by atoms with Crippen LogP contribution in [0, 0.1) is 0 Å². The van der Waals surface area contributed by atoms with Gasteiger partial charge in [-0.1, -0.05) is 41.9 Å². The monoisotopic (exact) mass is 373 g/mol. The van der Waals surface area contributed by atoms with Gasteiger partial charge in [0.25, 0.3) is 0 Å². The molecule has 1 saturated heterocycles. The highest BCUT2D eigenvalue weighted by Crippen LogP contribution is 2.20. The van der Waals surface area contributed by atoms with E-state index < -0.39 is 0 Å². The molecular formula is C20H24ClN3O2. The summed E-state index contributed by atoms with van der Waals surface area (Å²) < 4.78 is 5.42. The van der Waals surface area contributed by atoms with Crippen LogP contribution in [0.4, 0.5) is 4.79 Å². The zero-order chi connectivity index (χ0) is 18.4. The van der Waals surface area contributed by atoms with Gasteiger partial charge in [0.1, 0.15) is 5.75 Å². The first-order valence-electron chi connectivity index (χ1n) is 8.77. The first kappa shape index (κ1) is 18.5. The van der Waals surface area contributed by atoms with Crippen molar-refractivity contribution in [2.75, 3.05) is 33.3 Å². The van der Waals surface area contributed by atoms with E-state index in [2.05, 4.69) is 16.3 Å². The second-order valence-electron chi connectivity index (χ2n) is 6.36. The van der Waals surface area contributed by atoms with Gasteiger partial charge in [0.15, 0.2) is 0 Å². The summed E-state index contributed by atoms with van der Waals surface area (Å²) in [5, 5.41) is 3.68. The second kappa shape index (κ2) is 8.92. The molecule has 1 heterocycles. The van der Waals surface area contributed by atoms with Crippen LogP contribution in [0.25, 0.3) is 0 Å². The quantitative estimate of drug-likeness (QED) is 0.873. The number of piperazine rings is 1. The highest BCUT2D eigenvalue weighted by molar-refractivity contribution is 6.30. The van der Waals surface area contributed by atoms with Crippen molar-refractivity contribution in [3.05, 3.63) is 64.7 Å². The van der Waals surface area contributed by atoms with Gasteiger partial charge in [-0.05, 0) is 23.8 Å². The van der Waals surface area contributed by atoms with E-state index in [-0.39, 0.29) is 6.03 Å². The van der Waals surface area contributed by atoms with E-state index in [4.69, 9.17) is 16.3 Å². The Kier molecular flexibility index (Phi) is 6.36. The Morgan fingerprint density at radius 1 is 1.08 bits per heavy atom. The maximum Gasteiger partial charge on any atom is 0.317 e. The predicted octanol–water partition coefficient (Wildman–Crippen LogP) is 3.38. The van der Waals surface area contributed by atoms with Gasteiger partial charge in [-0.2, -0.15) is 0 Å². The Balaban J connectivity index is 1.45. The fourth-order valence-corrected chi connectivity index (χ4v) is 3.20. The average Bonchev–Trinajstić information content (AvgIpc) is 2.68. The number of methoxy groups -OCH3 is 1. The lowest BCUT2D eigenvalue weighted by Gasteiger charge is -2.34. The molecule has 1 aliphatic rings. The summed E-state index contributed by atoms with van der Waals surface area (Å²) in [4.78, 5) is 16.6. The molecule has 138 valence electrons. The zero-order valence-corrected chi connectivity index (χ0v) is 15.7. The van der Waals surface area contributed by atoms with E-state index in [1.807, 2.05) is 47.4 Å².